The van der Waals surface area contributed by atoms with Crippen LogP contribution in [0.4, 0.5) is 5.82 Å². The van der Waals surface area contributed by atoms with Crippen molar-refractivity contribution in [2.75, 3.05) is 12.4 Å². The molecule has 0 fully saturated rings. The van der Waals surface area contributed by atoms with Gasteiger partial charge in [-0.3, -0.25) is 0 Å². The molecule has 2 aromatic rings. The summed E-state index contributed by atoms with van der Waals surface area (Å²) in [5, 5.41) is 3.96. The van der Waals surface area contributed by atoms with Gasteiger partial charge < -0.3 is 5.32 Å². The summed E-state index contributed by atoms with van der Waals surface area (Å²) < 4.78 is 4.01. The van der Waals surface area contributed by atoms with Crippen LogP contribution in [0.2, 0.25) is 0 Å². The third-order valence-corrected chi connectivity index (χ3v) is 2.11. The summed E-state index contributed by atoms with van der Waals surface area (Å²) in [6, 6.07) is 0. The van der Waals surface area contributed by atoms with Gasteiger partial charge in [-0.15, -0.1) is 0 Å². The standard InChI is InChI=1S/C6H6N4S/c1-7-5-4-2-10-11-6(4)9-3-8-5/h2-3H,1H3,(H,7,8,9). The van der Waals surface area contributed by atoms with Crippen molar-refractivity contribution >= 4 is 27.6 Å². The molecule has 0 saturated carbocycles. The van der Waals surface area contributed by atoms with Crippen molar-refractivity contribution in [1.82, 2.24) is 14.3 Å². The van der Waals surface area contributed by atoms with Crippen LogP contribution in [0.3, 0.4) is 0 Å². The lowest BCUT2D eigenvalue weighted by Gasteiger charge is -1.96. The average molecular weight is 166 g/mol. The van der Waals surface area contributed by atoms with Crippen LogP contribution >= 0.6 is 11.5 Å². The van der Waals surface area contributed by atoms with E-state index in [1.807, 2.05) is 7.05 Å². The number of fused-ring (bicyclic) bond motifs is 1. The Balaban J connectivity index is 2.79. The Morgan fingerprint density at radius 1 is 1.45 bits per heavy atom. The Morgan fingerprint density at radius 2 is 2.36 bits per heavy atom. The SMILES string of the molecule is CNc1ncnc2sncc12. The van der Waals surface area contributed by atoms with Crippen molar-refractivity contribution in [3.63, 3.8) is 0 Å². The van der Waals surface area contributed by atoms with Crippen LogP contribution in [0.1, 0.15) is 0 Å². The Labute approximate surface area is 67.5 Å². The summed E-state index contributed by atoms with van der Waals surface area (Å²) in [5.41, 5.74) is 0. The van der Waals surface area contributed by atoms with Gasteiger partial charge in [0.1, 0.15) is 17.0 Å². The van der Waals surface area contributed by atoms with E-state index in [9.17, 15) is 0 Å². The van der Waals surface area contributed by atoms with Crippen molar-refractivity contribution in [2.45, 2.75) is 0 Å². The molecule has 11 heavy (non-hydrogen) atoms. The van der Waals surface area contributed by atoms with Gasteiger partial charge in [0.2, 0.25) is 0 Å². The minimum atomic E-state index is 0.837. The Bertz CT molecular complexity index is 369. The first-order valence-corrected chi connectivity index (χ1v) is 3.92. The van der Waals surface area contributed by atoms with Gasteiger partial charge in [0.15, 0.2) is 0 Å². The Hall–Kier alpha value is -1.23. The maximum Gasteiger partial charge on any atom is 0.148 e. The van der Waals surface area contributed by atoms with Crippen LogP contribution in [-0.2, 0) is 0 Å². The molecule has 2 rings (SSSR count). The largest absolute Gasteiger partial charge is 0.372 e. The van der Waals surface area contributed by atoms with Gasteiger partial charge in [-0.1, -0.05) is 0 Å². The van der Waals surface area contributed by atoms with Crippen molar-refractivity contribution in [3.05, 3.63) is 12.5 Å². The van der Waals surface area contributed by atoms with E-state index in [4.69, 9.17) is 0 Å². The molecule has 0 saturated heterocycles. The van der Waals surface area contributed by atoms with Gasteiger partial charge in [-0.05, 0) is 11.5 Å². The van der Waals surface area contributed by atoms with Crippen LogP contribution in [0.5, 0.6) is 0 Å². The second-order valence-electron chi connectivity index (χ2n) is 2.02. The normalized spacial score (nSPS) is 10.3. The van der Waals surface area contributed by atoms with E-state index in [1.165, 1.54) is 17.9 Å². The fraction of sp³-hybridized carbons (Fsp3) is 0.167. The molecule has 5 heteroatoms. The second-order valence-corrected chi connectivity index (χ2v) is 2.80. The highest BCUT2D eigenvalue weighted by molar-refractivity contribution is 7.12. The molecule has 0 aromatic carbocycles. The number of rotatable bonds is 1. The van der Waals surface area contributed by atoms with Gasteiger partial charge in [0.25, 0.3) is 0 Å². The lowest BCUT2D eigenvalue weighted by molar-refractivity contribution is 1.22. The zero-order valence-corrected chi connectivity index (χ0v) is 6.72. The molecule has 0 aliphatic heterocycles. The van der Waals surface area contributed by atoms with Crippen LogP contribution in [-0.4, -0.2) is 21.4 Å². The van der Waals surface area contributed by atoms with Crippen LogP contribution < -0.4 is 5.32 Å². The molecule has 1 N–H and O–H groups in total. The highest BCUT2D eigenvalue weighted by Crippen LogP contribution is 2.20. The maximum atomic E-state index is 4.05. The fourth-order valence-corrected chi connectivity index (χ4v) is 1.50. The maximum absolute atomic E-state index is 4.05. The third-order valence-electron chi connectivity index (χ3n) is 1.41. The molecule has 0 amide bonds. The van der Waals surface area contributed by atoms with E-state index < -0.39 is 0 Å². The van der Waals surface area contributed by atoms with Crippen molar-refractivity contribution in [3.8, 4) is 0 Å². The molecule has 2 heterocycles. The summed E-state index contributed by atoms with van der Waals surface area (Å²) in [7, 11) is 1.83. The van der Waals surface area contributed by atoms with Gasteiger partial charge in [0.05, 0.1) is 11.6 Å². The molecular formula is C6H6N4S. The van der Waals surface area contributed by atoms with Crippen LogP contribution in [0.15, 0.2) is 12.5 Å². The third kappa shape index (κ3) is 0.932. The second kappa shape index (κ2) is 2.43. The van der Waals surface area contributed by atoms with E-state index in [0.717, 1.165) is 16.0 Å². The smallest absolute Gasteiger partial charge is 0.148 e. The molecule has 0 radical (unpaired) electrons. The van der Waals surface area contributed by atoms with Gasteiger partial charge in [-0.2, -0.15) is 4.37 Å². The number of hydrogen-bond acceptors (Lipinski definition) is 5. The number of hydrogen-bond donors (Lipinski definition) is 1. The minimum Gasteiger partial charge on any atom is -0.372 e. The first-order valence-electron chi connectivity index (χ1n) is 3.15. The van der Waals surface area contributed by atoms with E-state index in [1.54, 1.807) is 6.20 Å². The molecule has 4 nitrogen and oxygen atoms in total. The Morgan fingerprint density at radius 3 is 3.18 bits per heavy atom. The summed E-state index contributed by atoms with van der Waals surface area (Å²) in [6.07, 6.45) is 3.30. The summed E-state index contributed by atoms with van der Waals surface area (Å²) >= 11 is 1.38. The highest BCUT2D eigenvalue weighted by Gasteiger charge is 2.01. The predicted octanol–water partition coefficient (Wildman–Crippen LogP) is 1.13. The number of nitrogens with zero attached hydrogens (tertiary/aromatic N) is 3. The zero-order valence-electron chi connectivity index (χ0n) is 5.90. The topological polar surface area (TPSA) is 50.7 Å². The molecule has 0 bridgehead atoms. The fourth-order valence-electron chi connectivity index (χ4n) is 0.897. The average Bonchev–Trinajstić information content (AvgIpc) is 2.50. The molecule has 0 atom stereocenters. The van der Waals surface area contributed by atoms with Crippen LogP contribution in [0.25, 0.3) is 10.2 Å². The van der Waals surface area contributed by atoms with Crippen molar-refractivity contribution < 1.29 is 0 Å². The van der Waals surface area contributed by atoms with E-state index in [-0.39, 0.29) is 0 Å². The predicted molar refractivity (Wildman–Crippen MR) is 44.8 cm³/mol. The highest BCUT2D eigenvalue weighted by atomic mass is 32.1. The van der Waals surface area contributed by atoms with Gasteiger partial charge in [0, 0.05) is 7.05 Å². The van der Waals surface area contributed by atoms with Crippen molar-refractivity contribution in [1.29, 1.82) is 0 Å². The molecular weight excluding hydrogens is 160 g/mol. The van der Waals surface area contributed by atoms with Crippen LogP contribution in [0, 0.1) is 0 Å². The number of aromatic nitrogens is 3. The quantitative estimate of drug-likeness (QED) is 0.690. The molecule has 0 spiro atoms. The zero-order chi connectivity index (χ0) is 7.68. The number of anilines is 1. The lowest BCUT2D eigenvalue weighted by Crippen LogP contribution is -1.92. The first kappa shape index (κ1) is 6.48. The summed E-state index contributed by atoms with van der Waals surface area (Å²) in [4.78, 5) is 9.02. The van der Waals surface area contributed by atoms with Gasteiger partial charge >= 0.3 is 0 Å². The van der Waals surface area contributed by atoms with E-state index >= 15 is 0 Å². The molecule has 56 valence electrons. The molecule has 2 aromatic heterocycles. The minimum absolute atomic E-state index is 0.837. The van der Waals surface area contributed by atoms with Crippen molar-refractivity contribution in [2.24, 2.45) is 0 Å². The first-order chi connectivity index (χ1) is 5.42. The molecule has 0 aliphatic rings. The van der Waals surface area contributed by atoms with E-state index in [2.05, 4.69) is 19.7 Å². The van der Waals surface area contributed by atoms with Gasteiger partial charge in [-0.25, -0.2) is 9.97 Å². The number of nitrogens with one attached hydrogen (secondary N) is 1. The Kier molecular flexibility index (Phi) is 1.43. The lowest BCUT2D eigenvalue weighted by atomic mass is 10.4. The molecule has 0 aliphatic carbocycles. The van der Waals surface area contributed by atoms with E-state index in [0.29, 0.717) is 0 Å². The summed E-state index contributed by atoms with van der Waals surface area (Å²) in [6.45, 7) is 0. The molecule has 0 unspecified atom stereocenters. The summed E-state index contributed by atoms with van der Waals surface area (Å²) in [5.74, 6) is 0.837. The monoisotopic (exact) mass is 166 g/mol.